The molecule has 19 heavy (non-hydrogen) atoms. The molecule has 3 rings (SSSR count). The molecule has 0 fully saturated rings. The number of aromatic nitrogens is 1. The predicted molar refractivity (Wildman–Crippen MR) is 74.2 cm³/mol. The molecule has 0 aliphatic rings. The van der Waals surface area contributed by atoms with E-state index in [0.29, 0.717) is 11.2 Å². The molecule has 4 heteroatoms. The smallest absolute Gasteiger partial charge is 0.352 e. The summed E-state index contributed by atoms with van der Waals surface area (Å²) in [5, 5.41) is 9.09. The van der Waals surface area contributed by atoms with E-state index in [0.717, 1.165) is 11.1 Å². The zero-order valence-electron chi connectivity index (χ0n) is 10.1. The summed E-state index contributed by atoms with van der Waals surface area (Å²) in [6.07, 6.45) is 1.73. The lowest BCUT2D eigenvalue weighted by Gasteiger charge is -2.09. The Morgan fingerprint density at radius 1 is 1.05 bits per heavy atom. The predicted octanol–water partition coefficient (Wildman–Crippen LogP) is 2.89. The Morgan fingerprint density at radius 3 is 2.47 bits per heavy atom. The zero-order chi connectivity index (χ0) is 13.4. The van der Waals surface area contributed by atoms with Crippen molar-refractivity contribution in [3.8, 4) is 11.1 Å². The van der Waals surface area contributed by atoms with Gasteiger partial charge in [0, 0.05) is 11.8 Å². The lowest BCUT2D eigenvalue weighted by atomic mass is 10.0. The van der Waals surface area contributed by atoms with Crippen molar-refractivity contribution in [3.63, 3.8) is 0 Å². The SMILES string of the molecule is Nc1c(-c2ccccc2)ccn2c(C(=O)O)ccc12. The summed E-state index contributed by atoms with van der Waals surface area (Å²) in [7, 11) is 0. The highest BCUT2D eigenvalue weighted by Gasteiger charge is 2.13. The fraction of sp³-hybridized carbons (Fsp3) is 0. The third-order valence-electron chi connectivity index (χ3n) is 3.18. The Hall–Kier alpha value is -2.75. The number of hydrogen-bond acceptors (Lipinski definition) is 2. The van der Waals surface area contributed by atoms with Crippen molar-refractivity contribution in [2.45, 2.75) is 0 Å². The molecule has 0 saturated heterocycles. The van der Waals surface area contributed by atoms with E-state index < -0.39 is 5.97 Å². The highest BCUT2D eigenvalue weighted by atomic mass is 16.4. The van der Waals surface area contributed by atoms with Gasteiger partial charge in [0.05, 0.1) is 11.2 Å². The topological polar surface area (TPSA) is 67.7 Å². The van der Waals surface area contributed by atoms with Crippen molar-refractivity contribution in [2.24, 2.45) is 0 Å². The number of benzene rings is 1. The number of carboxylic acid groups (broad SMARTS) is 1. The van der Waals surface area contributed by atoms with E-state index >= 15 is 0 Å². The van der Waals surface area contributed by atoms with Gasteiger partial charge >= 0.3 is 5.97 Å². The molecule has 94 valence electrons. The molecule has 0 radical (unpaired) electrons. The van der Waals surface area contributed by atoms with Crippen LogP contribution in [-0.4, -0.2) is 15.5 Å². The van der Waals surface area contributed by atoms with E-state index in [2.05, 4.69) is 0 Å². The first-order valence-electron chi connectivity index (χ1n) is 5.87. The molecule has 0 atom stereocenters. The molecule has 3 N–H and O–H groups in total. The summed E-state index contributed by atoms with van der Waals surface area (Å²) in [6.45, 7) is 0. The molecule has 0 spiro atoms. The van der Waals surface area contributed by atoms with Crippen LogP contribution in [0.1, 0.15) is 10.5 Å². The second-order valence-electron chi connectivity index (χ2n) is 4.29. The van der Waals surface area contributed by atoms with Crippen LogP contribution >= 0.6 is 0 Å². The number of pyridine rings is 1. The summed E-state index contributed by atoms with van der Waals surface area (Å²) in [5.41, 5.74) is 9.57. The summed E-state index contributed by atoms with van der Waals surface area (Å²) in [5.74, 6) is -0.966. The van der Waals surface area contributed by atoms with E-state index in [1.54, 1.807) is 22.7 Å². The van der Waals surface area contributed by atoms with Gasteiger partial charge in [-0.2, -0.15) is 0 Å². The standard InChI is InChI=1S/C15H12N2O2/c16-14-11(10-4-2-1-3-5-10)8-9-17-12(14)6-7-13(17)15(18)19/h1-9H,16H2,(H,18,19). The summed E-state index contributed by atoms with van der Waals surface area (Å²) < 4.78 is 1.59. The van der Waals surface area contributed by atoms with Crippen LogP contribution in [0.2, 0.25) is 0 Å². The van der Waals surface area contributed by atoms with Crippen LogP contribution in [0.5, 0.6) is 0 Å². The van der Waals surface area contributed by atoms with Gasteiger partial charge in [-0.25, -0.2) is 4.79 Å². The Labute approximate surface area is 109 Å². The number of hydrogen-bond donors (Lipinski definition) is 2. The second-order valence-corrected chi connectivity index (χ2v) is 4.29. The summed E-state index contributed by atoms with van der Waals surface area (Å²) >= 11 is 0. The van der Waals surface area contributed by atoms with Gasteiger partial charge < -0.3 is 15.2 Å². The number of carboxylic acids is 1. The number of anilines is 1. The molecule has 0 amide bonds. The van der Waals surface area contributed by atoms with Gasteiger partial charge in [0.2, 0.25) is 0 Å². The first-order chi connectivity index (χ1) is 9.18. The van der Waals surface area contributed by atoms with E-state index in [1.807, 2.05) is 36.4 Å². The summed E-state index contributed by atoms with van der Waals surface area (Å²) in [4.78, 5) is 11.1. The highest BCUT2D eigenvalue weighted by Crippen LogP contribution is 2.30. The van der Waals surface area contributed by atoms with Crippen molar-refractivity contribution < 1.29 is 9.90 Å². The van der Waals surface area contributed by atoms with E-state index in [1.165, 1.54) is 0 Å². The van der Waals surface area contributed by atoms with Crippen molar-refractivity contribution in [1.82, 2.24) is 4.40 Å². The van der Waals surface area contributed by atoms with Crippen LogP contribution in [0.25, 0.3) is 16.6 Å². The van der Waals surface area contributed by atoms with Gasteiger partial charge in [-0.15, -0.1) is 0 Å². The fourth-order valence-electron chi connectivity index (χ4n) is 2.25. The quantitative estimate of drug-likeness (QED) is 0.736. The molecule has 0 bridgehead atoms. The number of nitrogen functional groups attached to an aromatic ring is 1. The first kappa shape index (κ1) is 11.3. The van der Waals surface area contributed by atoms with Gasteiger partial charge in [-0.3, -0.25) is 0 Å². The largest absolute Gasteiger partial charge is 0.477 e. The number of rotatable bonds is 2. The molecule has 0 aliphatic heterocycles. The second kappa shape index (κ2) is 4.17. The molecule has 3 aromatic rings. The maximum atomic E-state index is 11.1. The Kier molecular flexibility index (Phi) is 2.49. The maximum absolute atomic E-state index is 11.1. The van der Waals surface area contributed by atoms with Crippen LogP contribution in [0, 0.1) is 0 Å². The minimum Gasteiger partial charge on any atom is -0.477 e. The third kappa shape index (κ3) is 1.74. The molecular weight excluding hydrogens is 240 g/mol. The molecule has 2 heterocycles. The minimum absolute atomic E-state index is 0.210. The van der Waals surface area contributed by atoms with Gasteiger partial charge in [0.1, 0.15) is 5.69 Å². The van der Waals surface area contributed by atoms with Gasteiger partial charge in [-0.1, -0.05) is 30.3 Å². The molecule has 0 unspecified atom stereocenters. The first-order valence-corrected chi connectivity index (χ1v) is 5.87. The monoisotopic (exact) mass is 252 g/mol. The highest BCUT2D eigenvalue weighted by molar-refractivity contribution is 5.93. The maximum Gasteiger partial charge on any atom is 0.352 e. The van der Waals surface area contributed by atoms with Gasteiger partial charge in [0.15, 0.2) is 0 Å². The average molecular weight is 252 g/mol. The van der Waals surface area contributed by atoms with Crippen LogP contribution in [0.3, 0.4) is 0 Å². The van der Waals surface area contributed by atoms with Crippen LogP contribution in [-0.2, 0) is 0 Å². The lowest BCUT2D eigenvalue weighted by Crippen LogP contribution is -2.03. The van der Waals surface area contributed by atoms with E-state index in [9.17, 15) is 4.79 Å². The van der Waals surface area contributed by atoms with Crippen molar-refractivity contribution in [3.05, 3.63) is 60.4 Å². The van der Waals surface area contributed by atoms with E-state index in [4.69, 9.17) is 10.8 Å². The Bertz CT molecular complexity index is 760. The summed E-state index contributed by atoms with van der Waals surface area (Å²) in [6, 6.07) is 14.9. The number of fused-ring (bicyclic) bond motifs is 1. The minimum atomic E-state index is -0.966. The van der Waals surface area contributed by atoms with Crippen LogP contribution in [0.4, 0.5) is 5.69 Å². The molecule has 4 nitrogen and oxygen atoms in total. The number of nitrogens with two attached hydrogens (primary N) is 1. The molecule has 0 aliphatic carbocycles. The zero-order valence-corrected chi connectivity index (χ0v) is 10.1. The number of nitrogens with zero attached hydrogens (tertiary/aromatic N) is 1. The van der Waals surface area contributed by atoms with Gasteiger partial charge in [-0.05, 0) is 23.8 Å². The third-order valence-corrected chi connectivity index (χ3v) is 3.18. The molecule has 1 aromatic carbocycles. The molecular formula is C15H12N2O2. The van der Waals surface area contributed by atoms with Gasteiger partial charge in [0.25, 0.3) is 0 Å². The average Bonchev–Trinajstić information content (AvgIpc) is 2.85. The Morgan fingerprint density at radius 2 is 1.79 bits per heavy atom. The van der Waals surface area contributed by atoms with Crippen molar-refractivity contribution in [1.29, 1.82) is 0 Å². The van der Waals surface area contributed by atoms with Crippen LogP contribution in [0.15, 0.2) is 54.7 Å². The number of aromatic carboxylic acids is 1. The van der Waals surface area contributed by atoms with Crippen LogP contribution < -0.4 is 5.73 Å². The fourth-order valence-corrected chi connectivity index (χ4v) is 2.25. The van der Waals surface area contributed by atoms with Crippen molar-refractivity contribution in [2.75, 3.05) is 5.73 Å². The van der Waals surface area contributed by atoms with E-state index in [-0.39, 0.29) is 5.69 Å². The normalized spacial score (nSPS) is 10.7. The lowest BCUT2D eigenvalue weighted by molar-refractivity contribution is 0.0689. The molecule has 0 saturated carbocycles. The Balaban J connectivity index is 2.26. The van der Waals surface area contributed by atoms with Crippen molar-refractivity contribution >= 4 is 17.2 Å². The molecule has 2 aromatic heterocycles. The number of carbonyl (C=O) groups is 1.